The average molecular weight is 202 g/mol. The Hall–Kier alpha value is -0.120. The van der Waals surface area contributed by atoms with Crippen LogP contribution in [0.2, 0.25) is 0 Å². The van der Waals surface area contributed by atoms with Crippen molar-refractivity contribution < 1.29 is 14.6 Å². The molecule has 1 rings (SSSR count). The van der Waals surface area contributed by atoms with Crippen molar-refractivity contribution in [3.8, 4) is 0 Å². The third-order valence-electron chi connectivity index (χ3n) is 2.78. The maximum absolute atomic E-state index is 10.1. The van der Waals surface area contributed by atoms with E-state index in [0.29, 0.717) is 19.8 Å². The van der Waals surface area contributed by atoms with Gasteiger partial charge in [0.05, 0.1) is 5.60 Å². The monoisotopic (exact) mass is 202 g/mol. The molecule has 0 bridgehead atoms. The second-order valence-electron chi connectivity index (χ2n) is 4.05. The number of ether oxygens (including phenoxy) is 2. The van der Waals surface area contributed by atoms with Crippen molar-refractivity contribution in [3.05, 3.63) is 0 Å². The maximum Gasteiger partial charge on any atom is 0.0713 e. The molecule has 0 aromatic carbocycles. The molecule has 1 saturated heterocycles. The fraction of sp³-hybridized carbons (Fsp3) is 1.00. The van der Waals surface area contributed by atoms with E-state index in [4.69, 9.17) is 9.47 Å². The molecule has 0 aromatic rings. The fourth-order valence-corrected chi connectivity index (χ4v) is 1.61. The summed E-state index contributed by atoms with van der Waals surface area (Å²) in [7, 11) is 0. The van der Waals surface area contributed by atoms with Gasteiger partial charge in [0, 0.05) is 26.4 Å². The van der Waals surface area contributed by atoms with Crippen LogP contribution >= 0.6 is 0 Å². The summed E-state index contributed by atoms with van der Waals surface area (Å²) in [5.41, 5.74) is -0.523. The Bertz CT molecular complexity index is 141. The first kappa shape index (κ1) is 12.0. The van der Waals surface area contributed by atoms with Crippen molar-refractivity contribution in [1.82, 2.24) is 0 Å². The topological polar surface area (TPSA) is 38.7 Å². The van der Waals surface area contributed by atoms with E-state index in [1.54, 1.807) is 0 Å². The maximum atomic E-state index is 10.1. The predicted octanol–water partition coefficient (Wildman–Crippen LogP) is 1.73. The molecule has 14 heavy (non-hydrogen) atoms. The van der Waals surface area contributed by atoms with E-state index >= 15 is 0 Å². The molecule has 0 aromatic heterocycles. The standard InChI is InChI=1S/C11H22O3/c1-2-3-7-13-8-4-11(12)5-9-14-10-6-11/h12H,2-10H2,1H3. The van der Waals surface area contributed by atoms with Gasteiger partial charge in [0.25, 0.3) is 0 Å². The summed E-state index contributed by atoms with van der Waals surface area (Å²) >= 11 is 0. The van der Waals surface area contributed by atoms with E-state index in [9.17, 15) is 5.11 Å². The highest BCUT2D eigenvalue weighted by Crippen LogP contribution is 2.23. The Kier molecular flexibility index (Phi) is 5.45. The number of unbranched alkanes of at least 4 members (excludes halogenated alkanes) is 1. The molecule has 1 fully saturated rings. The molecule has 0 aliphatic carbocycles. The molecule has 3 heteroatoms. The van der Waals surface area contributed by atoms with E-state index in [1.807, 2.05) is 0 Å². The smallest absolute Gasteiger partial charge is 0.0713 e. The van der Waals surface area contributed by atoms with E-state index < -0.39 is 5.60 Å². The minimum absolute atomic E-state index is 0.523. The Morgan fingerprint density at radius 3 is 2.64 bits per heavy atom. The van der Waals surface area contributed by atoms with Gasteiger partial charge < -0.3 is 14.6 Å². The molecule has 0 unspecified atom stereocenters. The lowest BCUT2D eigenvalue weighted by Gasteiger charge is -2.31. The van der Waals surface area contributed by atoms with Crippen LogP contribution in [0.25, 0.3) is 0 Å². The highest BCUT2D eigenvalue weighted by Gasteiger charge is 2.29. The van der Waals surface area contributed by atoms with Crippen molar-refractivity contribution in [2.24, 2.45) is 0 Å². The molecule has 3 nitrogen and oxygen atoms in total. The van der Waals surface area contributed by atoms with E-state index in [0.717, 1.165) is 38.7 Å². The molecule has 84 valence electrons. The van der Waals surface area contributed by atoms with Crippen LogP contribution in [0.15, 0.2) is 0 Å². The van der Waals surface area contributed by atoms with Crippen LogP contribution in [0.1, 0.15) is 39.0 Å². The van der Waals surface area contributed by atoms with Gasteiger partial charge >= 0.3 is 0 Å². The first-order chi connectivity index (χ1) is 6.77. The van der Waals surface area contributed by atoms with Crippen LogP contribution in [-0.4, -0.2) is 37.1 Å². The Morgan fingerprint density at radius 2 is 2.00 bits per heavy atom. The zero-order valence-corrected chi connectivity index (χ0v) is 9.13. The number of hydrogen-bond donors (Lipinski definition) is 1. The van der Waals surface area contributed by atoms with Gasteiger partial charge in [-0.1, -0.05) is 13.3 Å². The summed E-state index contributed by atoms with van der Waals surface area (Å²) in [6.45, 7) is 5.02. The molecule has 0 saturated carbocycles. The second kappa shape index (κ2) is 6.38. The molecule has 0 amide bonds. The summed E-state index contributed by atoms with van der Waals surface area (Å²) in [5, 5.41) is 10.1. The van der Waals surface area contributed by atoms with Crippen molar-refractivity contribution in [1.29, 1.82) is 0 Å². The van der Waals surface area contributed by atoms with Crippen LogP contribution in [0, 0.1) is 0 Å². The molecule has 1 N–H and O–H groups in total. The first-order valence-corrected chi connectivity index (χ1v) is 5.65. The lowest BCUT2D eigenvalue weighted by atomic mass is 9.91. The molecule has 1 heterocycles. The highest BCUT2D eigenvalue weighted by molar-refractivity contribution is 4.80. The van der Waals surface area contributed by atoms with E-state index in [-0.39, 0.29) is 0 Å². The molecule has 1 aliphatic heterocycles. The van der Waals surface area contributed by atoms with Gasteiger partial charge in [-0.05, 0) is 25.7 Å². The van der Waals surface area contributed by atoms with Crippen molar-refractivity contribution in [3.63, 3.8) is 0 Å². The van der Waals surface area contributed by atoms with Gasteiger partial charge in [-0.3, -0.25) is 0 Å². The predicted molar refractivity (Wildman–Crippen MR) is 55.3 cm³/mol. The molecular weight excluding hydrogens is 180 g/mol. The molecular formula is C11H22O3. The molecule has 0 radical (unpaired) electrons. The molecule has 0 spiro atoms. The van der Waals surface area contributed by atoms with Gasteiger partial charge in [0.1, 0.15) is 0 Å². The third kappa shape index (κ3) is 4.40. The highest BCUT2D eigenvalue weighted by atomic mass is 16.5. The zero-order valence-electron chi connectivity index (χ0n) is 9.13. The lowest BCUT2D eigenvalue weighted by molar-refractivity contribution is -0.0794. The lowest BCUT2D eigenvalue weighted by Crippen LogP contribution is -2.37. The SMILES string of the molecule is CCCCOCCC1(O)CCOCC1. The van der Waals surface area contributed by atoms with Gasteiger partial charge in [-0.15, -0.1) is 0 Å². The zero-order chi connectivity index (χ0) is 10.3. The minimum atomic E-state index is -0.523. The Morgan fingerprint density at radius 1 is 1.29 bits per heavy atom. The quantitative estimate of drug-likeness (QED) is 0.667. The molecule has 0 atom stereocenters. The van der Waals surface area contributed by atoms with Crippen LogP contribution in [-0.2, 0) is 9.47 Å². The fourth-order valence-electron chi connectivity index (χ4n) is 1.61. The van der Waals surface area contributed by atoms with Crippen LogP contribution in [0.4, 0.5) is 0 Å². The summed E-state index contributed by atoms with van der Waals surface area (Å²) in [6.07, 6.45) is 4.54. The normalized spacial score (nSPS) is 21.0. The largest absolute Gasteiger partial charge is 0.390 e. The number of rotatable bonds is 6. The minimum Gasteiger partial charge on any atom is -0.390 e. The van der Waals surface area contributed by atoms with Crippen LogP contribution in [0.3, 0.4) is 0 Å². The van der Waals surface area contributed by atoms with Crippen molar-refractivity contribution in [2.75, 3.05) is 26.4 Å². The first-order valence-electron chi connectivity index (χ1n) is 5.65. The van der Waals surface area contributed by atoms with Gasteiger partial charge in [0.2, 0.25) is 0 Å². The number of hydrogen-bond acceptors (Lipinski definition) is 3. The van der Waals surface area contributed by atoms with Gasteiger partial charge in [-0.2, -0.15) is 0 Å². The summed E-state index contributed by atoms with van der Waals surface area (Å²) < 4.78 is 10.7. The Balaban J connectivity index is 2.03. The second-order valence-corrected chi connectivity index (χ2v) is 4.05. The average Bonchev–Trinajstić information content (AvgIpc) is 2.18. The third-order valence-corrected chi connectivity index (χ3v) is 2.78. The summed E-state index contributed by atoms with van der Waals surface area (Å²) in [6, 6.07) is 0. The summed E-state index contributed by atoms with van der Waals surface area (Å²) in [4.78, 5) is 0. The Labute approximate surface area is 86.4 Å². The van der Waals surface area contributed by atoms with Gasteiger partial charge in [0.15, 0.2) is 0 Å². The van der Waals surface area contributed by atoms with E-state index in [2.05, 4.69) is 6.92 Å². The van der Waals surface area contributed by atoms with Gasteiger partial charge in [-0.25, -0.2) is 0 Å². The van der Waals surface area contributed by atoms with Crippen molar-refractivity contribution >= 4 is 0 Å². The molecule has 1 aliphatic rings. The van der Waals surface area contributed by atoms with Crippen molar-refractivity contribution in [2.45, 2.75) is 44.6 Å². The van der Waals surface area contributed by atoms with Crippen LogP contribution in [0.5, 0.6) is 0 Å². The van der Waals surface area contributed by atoms with Crippen LogP contribution < -0.4 is 0 Å². The summed E-state index contributed by atoms with van der Waals surface area (Å²) in [5.74, 6) is 0. The van der Waals surface area contributed by atoms with E-state index in [1.165, 1.54) is 0 Å². The number of aliphatic hydroxyl groups is 1.